The predicted octanol–water partition coefficient (Wildman–Crippen LogP) is 11.5. The SMILES string of the molecule is CCCCCCCCCCCCCC=CC(OC(=O)c1ccccc1)C(CO[C@H]1O[C@H](CO)[C@H](O)[C@H](O)[C@H]1OCc1ccc(OC)cc1)NC(=O)CCCCCCCCCCCCCCC. The molecule has 11 heteroatoms. The molecule has 0 spiro atoms. The third-order valence-electron chi connectivity index (χ3n) is 12.7. The van der Waals surface area contributed by atoms with Crippen molar-refractivity contribution in [1.82, 2.24) is 5.32 Å². The average molecular weight is 924 g/mol. The zero-order valence-electron chi connectivity index (χ0n) is 41.1. The summed E-state index contributed by atoms with van der Waals surface area (Å²) in [5, 5.41) is 35.3. The number of unbranched alkanes of at least 4 members (excludes halogenated alkanes) is 23. The van der Waals surface area contributed by atoms with E-state index in [0.29, 0.717) is 17.7 Å². The summed E-state index contributed by atoms with van der Waals surface area (Å²) in [4.78, 5) is 27.3. The van der Waals surface area contributed by atoms with Gasteiger partial charge in [-0.25, -0.2) is 4.79 Å². The Morgan fingerprint density at radius 2 is 1.21 bits per heavy atom. The number of esters is 1. The summed E-state index contributed by atoms with van der Waals surface area (Å²) in [7, 11) is 1.58. The number of rotatable bonds is 39. The second-order valence-corrected chi connectivity index (χ2v) is 18.3. The molecule has 7 atom stereocenters. The molecule has 1 saturated heterocycles. The Labute approximate surface area is 398 Å². The average Bonchev–Trinajstić information content (AvgIpc) is 3.34. The van der Waals surface area contributed by atoms with E-state index in [1.165, 1.54) is 116 Å². The maximum atomic E-state index is 13.7. The molecule has 2 aromatic carbocycles. The van der Waals surface area contributed by atoms with Gasteiger partial charge in [0.05, 0.1) is 38.5 Å². The molecule has 3 rings (SSSR count). The van der Waals surface area contributed by atoms with Gasteiger partial charge in [-0.05, 0) is 55.2 Å². The maximum Gasteiger partial charge on any atom is 0.338 e. The minimum Gasteiger partial charge on any atom is -0.497 e. The van der Waals surface area contributed by atoms with Crippen LogP contribution in [0.25, 0.3) is 0 Å². The van der Waals surface area contributed by atoms with Gasteiger partial charge < -0.3 is 44.3 Å². The monoisotopic (exact) mass is 924 g/mol. The molecule has 1 aliphatic rings. The second-order valence-electron chi connectivity index (χ2n) is 18.3. The molecule has 2 unspecified atom stereocenters. The topological polar surface area (TPSA) is 153 Å². The van der Waals surface area contributed by atoms with Crippen molar-refractivity contribution in [2.75, 3.05) is 20.3 Å². The van der Waals surface area contributed by atoms with Gasteiger partial charge in [-0.2, -0.15) is 0 Å². The Morgan fingerprint density at radius 1 is 0.682 bits per heavy atom. The Kier molecular flexibility index (Phi) is 31.7. The van der Waals surface area contributed by atoms with E-state index in [4.69, 9.17) is 23.7 Å². The predicted molar refractivity (Wildman–Crippen MR) is 263 cm³/mol. The molecule has 4 N–H and O–H groups in total. The summed E-state index contributed by atoms with van der Waals surface area (Å²) in [5.74, 6) is -0.0456. The molecule has 1 heterocycles. The number of benzene rings is 2. The number of hydrogen-bond acceptors (Lipinski definition) is 10. The lowest BCUT2D eigenvalue weighted by atomic mass is 9.99. The lowest BCUT2D eigenvalue weighted by molar-refractivity contribution is -0.313. The zero-order valence-corrected chi connectivity index (χ0v) is 41.1. The van der Waals surface area contributed by atoms with Gasteiger partial charge >= 0.3 is 5.97 Å². The van der Waals surface area contributed by atoms with E-state index in [-0.39, 0.29) is 19.1 Å². The molecule has 0 aromatic heterocycles. The van der Waals surface area contributed by atoms with Crippen LogP contribution >= 0.6 is 0 Å². The molecular weight excluding hydrogens is 835 g/mol. The van der Waals surface area contributed by atoms with Crippen molar-refractivity contribution in [1.29, 1.82) is 0 Å². The summed E-state index contributed by atoms with van der Waals surface area (Å²) in [6, 6.07) is 15.2. The molecule has 0 bridgehead atoms. The van der Waals surface area contributed by atoms with Gasteiger partial charge in [0, 0.05) is 6.42 Å². The molecule has 0 aliphatic carbocycles. The van der Waals surface area contributed by atoms with Gasteiger partial charge in [-0.3, -0.25) is 4.79 Å². The van der Waals surface area contributed by atoms with Crippen molar-refractivity contribution in [3.63, 3.8) is 0 Å². The first-order chi connectivity index (χ1) is 32.3. The number of carbonyl (C=O) groups is 2. The fraction of sp³-hybridized carbons (Fsp3) is 0.709. The lowest BCUT2D eigenvalue weighted by Gasteiger charge is -2.42. The van der Waals surface area contributed by atoms with Crippen LogP contribution < -0.4 is 10.1 Å². The first-order valence-electron chi connectivity index (χ1n) is 26.0. The minimum atomic E-state index is -1.46. The van der Waals surface area contributed by atoms with Gasteiger partial charge in [0.15, 0.2) is 6.29 Å². The third-order valence-corrected chi connectivity index (χ3v) is 12.7. The molecule has 0 radical (unpaired) electrons. The van der Waals surface area contributed by atoms with E-state index in [0.717, 1.165) is 50.5 Å². The summed E-state index contributed by atoms with van der Waals surface area (Å²) in [5.41, 5.74) is 1.17. The quantitative estimate of drug-likeness (QED) is 0.0289. The Balaban J connectivity index is 1.70. The summed E-state index contributed by atoms with van der Waals surface area (Å²) < 4.78 is 29.9. The highest BCUT2D eigenvalue weighted by Crippen LogP contribution is 2.27. The Morgan fingerprint density at radius 3 is 1.74 bits per heavy atom. The highest BCUT2D eigenvalue weighted by molar-refractivity contribution is 5.89. The number of amides is 1. The standard InChI is InChI=1S/C55H89NO10/c1-4-6-8-10-12-14-16-18-20-22-24-26-31-35-48(65-54(61)45-33-29-28-30-34-45)47(56-50(58)36-32-27-25-23-21-19-17-15-13-11-9-7-5-2)43-64-55-53(52(60)51(59)49(41-57)66-55)63-42-44-37-39-46(62-3)40-38-44/h28-31,33-35,37-40,47-49,51-53,55,57,59-60H,4-27,32,36,41-43H2,1-3H3,(H,56,58)/t47?,48?,49-,51+,52+,53-,55+/m1/s1. The lowest BCUT2D eigenvalue weighted by Crippen LogP contribution is -2.60. The van der Waals surface area contributed by atoms with Crippen LogP contribution in [0.1, 0.15) is 197 Å². The second kappa shape index (κ2) is 36.7. The zero-order chi connectivity index (χ0) is 47.5. The number of methoxy groups -OCH3 is 1. The fourth-order valence-electron chi connectivity index (χ4n) is 8.46. The molecule has 374 valence electrons. The van der Waals surface area contributed by atoms with Crippen molar-refractivity contribution in [3.05, 3.63) is 77.9 Å². The van der Waals surface area contributed by atoms with Crippen molar-refractivity contribution < 1.29 is 48.6 Å². The first-order valence-corrected chi connectivity index (χ1v) is 26.0. The summed E-state index contributed by atoms with van der Waals surface area (Å²) >= 11 is 0. The van der Waals surface area contributed by atoms with Crippen molar-refractivity contribution in [3.8, 4) is 5.75 Å². The smallest absolute Gasteiger partial charge is 0.338 e. The number of hydrogen-bond donors (Lipinski definition) is 4. The molecular formula is C55H89NO10. The first kappa shape index (κ1) is 57.0. The van der Waals surface area contributed by atoms with E-state index in [2.05, 4.69) is 19.2 Å². The fourth-order valence-corrected chi connectivity index (χ4v) is 8.46. The Bertz CT molecular complexity index is 1520. The van der Waals surface area contributed by atoms with Gasteiger partial charge in [-0.1, -0.05) is 192 Å². The minimum absolute atomic E-state index is 0.0594. The van der Waals surface area contributed by atoms with Crippen LogP contribution in [0, 0.1) is 0 Å². The normalized spacial score (nSPS) is 19.5. The van der Waals surface area contributed by atoms with Crippen LogP contribution in [0.2, 0.25) is 0 Å². The number of carbonyl (C=O) groups excluding carboxylic acids is 2. The number of ether oxygens (including phenoxy) is 5. The maximum absolute atomic E-state index is 13.7. The van der Waals surface area contributed by atoms with E-state index >= 15 is 0 Å². The number of aliphatic hydroxyl groups is 3. The highest BCUT2D eigenvalue weighted by atomic mass is 16.7. The number of nitrogens with one attached hydrogen (secondary N) is 1. The molecule has 66 heavy (non-hydrogen) atoms. The van der Waals surface area contributed by atoms with Crippen LogP contribution in [-0.4, -0.2) is 90.4 Å². The molecule has 1 aliphatic heterocycles. The van der Waals surface area contributed by atoms with E-state index in [9.17, 15) is 24.9 Å². The third kappa shape index (κ3) is 24.1. The molecule has 11 nitrogen and oxygen atoms in total. The highest BCUT2D eigenvalue weighted by Gasteiger charge is 2.46. The van der Waals surface area contributed by atoms with Crippen molar-refractivity contribution in [2.24, 2.45) is 0 Å². The van der Waals surface area contributed by atoms with Gasteiger partial charge in [-0.15, -0.1) is 0 Å². The van der Waals surface area contributed by atoms with E-state index in [1.54, 1.807) is 43.5 Å². The van der Waals surface area contributed by atoms with Crippen LogP contribution in [-0.2, 0) is 30.3 Å². The largest absolute Gasteiger partial charge is 0.497 e. The van der Waals surface area contributed by atoms with Gasteiger partial charge in [0.1, 0.15) is 36.3 Å². The molecule has 1 fully saturated rings. The van der Waals surface area contributed by atoms with Crippen LogP contribution in [0.4, 0.5) is 0 Å². The van der Waals surface area contributed by atoms with Gasteiger partial charge in [0.25, 0.3) is 0 Å². The van der Waals surface area contributed by atoms with Crippen LogP contribution in [0.15, 0.2) is 66.7 Å². The number of allylic oxidation sites excluding steroid dienone is 1. The number of aliphatic hydroxyl groups excluding tert-OH is 3. The van der Waals surface area contributed by atoms with E-state index in [1.807, 2.05) is 30.4 Å². The van der Waals surface area contributed by atoms with Crippen LogP contribution in [0.3, 0.4) is 0 Å². The van der Waals surface area contributed by atoms with Crippen molar-refractivity contribution >= 4 is 11.9 Å². The Hall–Kier alpha value is -3.32. The summed E-state index contributed by atoms with van der Waals surface area (Å²) in [6.07, 6.45) is 26.9. The summed E-state index contributed by atoms with van der Waals surface area (Å²) in [6.45, 7) is 3.80. The molecule has 1 amide bonds. The van der Waals surface area contributed by atoms with Gasteiger partial charge in [0.2, 0.25) is 5.91 Å². The van der Waals surface area contributed by atoms with E-state index < -0.39 is 55.4 Å². The van der Waals surface area contributed by atoms with Crippen molar-refractivity contribution in [2.45, 2.75) is 230 Å². The van der Waals surface area contributed by atoms with Crippen LogP contribution in [0.5, 0.6) is 5.75 Å². The molecule has 2 aromatic rings. The molecule has 0 saturated carbocycles.